The molecule has 0 saturated carbocycles. The second-order valence-corrected chi connectivity index (χ2v) is 13.1. The van der Waals surface area contributed by atoms with Crippen LogP contribution in [0.3, 0.4) is 0 Å². The summed E-state index contributed by atoms with van der Waals surface area (Å²) in [6.07, 6.45) is 3.05. The number of benzene rings is 2. The number of nitrogens with zero attached hydrogens (tertiary/aromatic N) is 1. The zero-order chi connectivity index (χ0) is 16.6. The maximum atomic E-state index is 6.49. The molecule has 4 rings (SSSR count). The lowest BCUT2D eigenvalue weighted by molar-refractivity contribution is 0.230. The van der Waals surface area contributed by atoms with Crippen LogP contribution in [0.25, 0.3) is 0 Å². The summed E-state index contributed by atoms with van der Waals surface area (Å²) in [4.78, 5) is 0. The van der Waals surface area contributed by atoms with Crippen LogP contribution in [0.4, 0.5) is 0 Å². The zero-order valence-corrected chi connectivity index (χ0v) is 16.5. The lowest BCUT2D eigenvalue weighted by Crippen LogP contribution is -2.58. The van der Waals surface area contributed by atoms with Crippen molar-refractivity contribution in [3.8, 4) is 0 Å². The minimum atomic E-state index is -1.80. The fourth-order valence-corrected chi connectivity index (χ4v) is 10.2. The van der Waals surface area contributed by atoms with Crippen molar-refractivity contribution in [2.45, 2.75) is 37.6 Å². The quantitative estimate of drug-likeness (QED) is 0.613. The van der Waals surface area contributed by atoms with Crippen LogP contribution >= 0.6 is 8.30 Å². The van der Waals surface area contributed by atoms with Crippen LogP contribution in [-0.2, 0) is 4.52 Å². The molecular formula is C20H26NOPSi. The van der Waals surface area contributed by atoms with Gasteiger partial charge in [-0.1, -0.05) is 77.6 Å². The Labute approximate surface area is 147 Å². The molecule has 2 aliphatic heterocycles. The standard InChI is InChI=1S/C20H26NOPSi/c1-23-21-15-9-14-19(21)20(22-23)16-24(2,17-10-5-3-6-11-17)18-12-7-4-8-13-18/h3-8,10-13,19-20H,9,14-16H2,1-2H3/t19-,20+,23?/m1/s1. The first kappa shape index (κ1) is 16.5. The smallest absolute Gasteiger partial charge is 0.117 e. The summed E-state index contributed by atoms with van der Waals surface area (Å²) < 4.78 is 9.14. The molecule has 2 nitrogen and oxygen atoms in total. The van der Waals surface area contributed by atoms with Gasteiger partial charge >= 0.3 is 0 Å². The van der Waals surface area contributed by atoms with Crippen molar-refractivity contribution < 1.29 is 4.52 Å². The van der Waals surface area contributed by atoms with E-state index in [-0.39, 0.29) is 8.30 Å². The second kappa shape index (κ2) is 6.72. The van der Waals surface area contributed by atoms with Crippen LogP contribution < -0.4 is 10.4 Å². The van der Waals surface area contributed by atoms with Crippen LogP contribution in [0, 0.1) is 0 Å². The maximum absolute atomic E-state index is 6.49. The van der Waals surface area contributed by atoms with Gasteiger partial charge in [-0.2, -0.15) is 0 Å². The van der Waals surface area contributed by atoms with Gasteiger partial charge in [0.2, 0.25) is 0 Å². The highest BCUT2D eigenvalue weighted by molar-refractivity contribution is 7.49. The van der Waals surface area contributed by atoms with Crippen molar-refractivity contribution in [1.29, 1.82) is 0 Å². The molecule has 0 aliphatic carbocycles. The summed E-state index contributed by atoms with van der Waals surface area (Å²) in [5.41, 5.74) is 0. The van der Waals surface area contributed by atoms with E-state index in [1.807, 2.05) is 0 Å². The van der Waals surface area contributed by atoms with Crippen molar-refractivity contribution in [2.24, 2.45) is 0 Å². The number of rotatable bonds is 4. The van der Waals surface area contributed by atoms with Crippen molar-refractivity contribution >= 4 is 26.7 Å². The van der Waals surface area contributed by atoms with Gasteiger partial charge in [0.25, 0.3) is 0 Å². The van der Waals surface area contributed by atoms with E-state index in [0.29, 0.717) is 12.1 Å². The Hall–Kier alpha value is -0.993. The Morgan fingerprint density at radius 2 is 1.62 bits per heavy atom. The second-order valence-electron chi connectivity index (χ2n) is 7.25. The molecule has 2 heterocycles. The van der Waals surface area contributed by atoms with Crippen LogP contribution in [-0.4, -0.2) is 38.1 Å². The van der Waals surface area contributed by atoms with Gasteiger partial charge in [-0.25, -0.2) is 0 Å². The topological polar surface area (TPSA) is 12.5 Å². The molecule has 2 aromatic rings. The Bertz CT molecular complexity index is 641. The number of fused-ring (bicyclic) bond motifs is 1. The highest BCUT2D eigenvalue weighted by Gasteiger charge is 2.47. The van der Waals surface area contributed by atoms with E-state index in [0.717, 1.165) is 0 Å². The third-order valence-corrected chi connectivity index (χ3v) is 12.0. The first-order chi connectivity index (χ1) is 11.7. The van der Waals surface area contributed by atoms with Gasteiger partial charge in [-0.3, -0.25) is 4.67 Å². The van der Waals surface area contributed by atoms with Gasteiger partial charge in [-0.05, 0) is 25.6 Å². The summed E-state index contributed by atoms with van der Waals surface area (Å²) in [6, 6.07) is 24.2. The van der Waals surface area contributed by atoms with Crippen molar-refractivity contribution in [3.63, 3.8) is 0 Å². The Kier molecular flexibility index (Phi) is 4.61. The van der Waals surface area contributed by atoms with Gasteiger partial charge in [0, 0.05) is 12.6 Å². The van der Waals surface area contributed by atoms with E-state index in [2.05, 4.69) is 78.5 Å². The molecule has 0 aromatic heterocycles. The number of hydrogen-bond acceptors (Lipinski definition) is 2. The molecular weight excluding hydrogens is 329 g/mol. The molecule has 24 heavy (non-hydrogen) atoms. The summed E-state index contributed by atoms with van der Waals surface area (Å²) in [7, 11) is -2.18. The summed E-state index contributed by atoms with van der Waals surface area (Å²) in [6.45, 7) is 6.05. The molecule has 2 saturated heterocycles. The molecule has 0 bridgehead atoms. The summed E-state index contributed by atoms with van der Waals surface area (Å²) in [5.74, 6) is 0. The highest BCUT2D eigenvalue weighted by Crippen LogP contribution is 2.53. The minimum absolute atomic E-state index is 0.380. The first-order valence-electron chi connectivity index (χ1n) is 8.96. The van der Waals surface area contributed by atoms with Gasteiger partial charge in [-0.15, -0.1) is 0 Å². The molecule has 3 atom stereocenters. The fraction of sp³-hybridized carbons (Fsp3) is 0.400. The minimum Gasteiger partial charge on any atom is -0.339 e. The summed E-state index contributed by atoms with van der Waals surface area (Å²) in [5, 5.41) is 3.05. The van der Waals surface area contributed by atoms with Crippen LogP contribution in [0.5, 0.6) is 0 Å². The van der Waals surface area contributed by atoms with Crippen molar-refractivity contribution in [1.82, 2.24) is 4.67 Å². The molecule has 2 aliphatic rings. The van der Waals surface area contributed by atoms with Crippen molar-refractivity contribution in [3.05, 3.63) is 60.7 Å². The average molecular weight is 355 g/mol. The maximum Gasteiger partial charge on any atom is 0.117 e. The van der Waals surface area contributed by atoms with Gasteiger partial charge in [0.05, 0.1) is 6.10 Å². The van der Waals surface area contributed by atoms with Gasteiger partial charge in [0.1, 0.15) is 16.4 Å². The van der Waals surface area contributed by atoms with E-state index in [1.54, 1.807) is 0 Å². The van der Waals surface area contributed by atoms with E-state index in [4.69, 9.17) is 4.52 Å². The lowest BCUT2D eigenvalue weighted by Gasteiger charge is -2.32. The normalized spacial score (nSPS) is 27.3. The molecule has 2 aromatic carbocycles. The molecule has 1 unspecified atom stereocenters. The molecule has 2 fully saturated rings. The molecule has 0 spiro atoms. The zero-order valence-electron chi connectivity index (χ0n) is 14.6. The lowest BCUT2D eigenvalue weighted by atomic mass is 10.1. The Balaban J connectivity index is 1.69. The van der Waals surface area contributed by atoms with Crippen LogP contribution in [0.15, 0.2) is 60.7 Å². The molecule has 4 heteroatoms. The third kappa shape index (κ3) is 2.88. The highest BCUT2D eigenvalue weighted by atomic mass is 31.2. The molecule has 126 valence electrons. The predicted octanol–water partition coefficient (Wildman–Crippen LogP) is 3.68. The van der Waals surface area contributed by atoms with Gasteiger partial charge < -0.3 is 4.52 Å². The van der Waals surface area contributed by atoms with E-state index in [9.17, 15) is 0 Å². The molecule has 0 amide bonds. The first-order valence-corrected chi connectivity index (χ1v) is 13.3. The van der Waals surface area contributed by atoms with E-state index < -0.39 is 8.07 Å². The fourth-order valence-electron chi connectivity index (χ4n) is 4.42. The van der Waals surface area contributed by atoms with E-state index >= 15 is 0 Å². The van der Waals surface area contributed by atoms with Crippen molar-refractivity contribution in [2.75, 3.05) is 13.2 Å². The predicted molar refractivity (Wildman–Crippen MR) is 106 cm³/mol. The molecule has 0 N–H and O–H groups in total. The third-order valence-electron chi connectivity index (χ3n) is 5.78. The number of hydrogen-bond donors (Lipinski definition) is 0. The monoisotopic (exact) mass is 355 g/mol. The van der Waals surface area contributed by atoms with Gasteiger partial charge in [0.15, 0.2) is 0 Å². The summed E-state index contributed by atoms with van der Waals surface area (Å²) >= 11 is 0. The molecule has 0 radical (unpaired) electrons. The largest absolute Gasteiger partial charge is 0.339 e. The van der Waals surface area contributed by atoms with E-state index in [1.165, 1.54) is 35.8 Å². The van der Waals surface area contributed by atoms with Crippen LogP contribution in [0.1, 0.15) is 12.8 Å². The average Bonchev–Trinajstić information content (AvgIpc) is 3.22. The SMILES string of the molecule is CP1O[C@@H](C[Si](C)(c2ccccc2)c2ccccc2)[C@H]2CCCN21. The Morgan fingerprint density at radius 3 is 2.21 bits per heavy atom. The Morgan fingerprint density at radius 1 is 1.04 bits per heavy atom. The van der Waals surface area contributed by atoms with Crippen LogP contribution in [0.2, 0.25) is 12.6 Å².